The second kappa shape index (κ2) is 6.37. The lowest BCUT2D eigenvalue weighted by Crippen LogP contribution is -2.05. The molecule has 0 saturated carbocycles. The summed E-state index contributed by atoms with van der Waals surface area (Å²) in [5, 5.41) is 1.21. The third kappa shape index (κ3) is 3.05. The number of pyridine rings is 1. The van der Waals surface area contributed by atoms with Crippen LogP contribution in [-0.4, -0.2) is 9.55 Å². The number of nitrogens with two attached hydrogens (primary N) is 1. The molecule has 4 aromatic rings. The number of anilines is 1. The number of nitrogens with zero attached hydrogens (tertiary/aromatic N) is 2. The van der Waals surface area contributed by atoms with Gasteiger partial charge >= 0.3 is 0 Å². The van der Waals surface area contributed by atoms with Crippen LogP contribution in [0.25, 0.3) is 22.2 Å². The average Bonchev–Trinajstić information content (AvgIpc) is 2.93. The topological polar surface area (TPSA) is 43.8 Å². The first kappa shape index (κ1) is 15.9. The Hall–Kier alpha value is -2.59. The molecule has 0 unspecified atom stereocenters. The number of benzene rings is 2. The molecular weight excluding hydrogens is 374 g/mol. The molecule has 124 valence electrons. The summed E-state index contributed by atoms with van der Waals surface area (Å²) in [6.45, 7) is 2.82. The van der Waals surface area contributed by atoms with E-state index < -0.39 is 0 Å². The molecule has 25 heavy (non-hydrogen) atoms. The maximum Gasteiger partial charge on any atom is 0.123 e. The molecular formula is C21H18BrN3. The van der Waals surface area contributed by atoms with E-state index in [9.17, 15) is 0 Å². The highest BCUT2D eigenvalue weighted by Crippen LogP contribution is 2.32. The zero-order chi connectivity index (χ0) is 17.4. The van der Waals surface area contributed by atoms with Crippen LogP contribution in [0.3, 0.4) is 0 Å². The molecule has 2 aromatic carbocycles. The Morgan fingerprint density at radius 1 is 1.00 bits per heavy atom. The second-order valence-electron chi connectivity index (χ2n) is 6.19. The number of aryl methyl sites for hydroxylation is 1. The summed E-state index contributed by atoms with van der Waals surface area (Å²) in [6, 6.07) is 22.9. The predicted molar refractivity (Wildman–Crippen MR) is 108 cm³/mol. The highest BCUT2D eigenvalue weighted by molar-refractivity contribution is 9.10. The fourth-order valence-electron chi connectivity index (χ4n) is 3.23. The summed E-state index contributed by atoms with van der Waals surface area (Å²) < 4.78 is 3.38. The first-order valence-electron chi connectivity index (χ1n) is 8.18. The summed E-state index contributed by atoms with van der Waals surface area (Å²) >= 11 is 3.59. The Labute approximate surface area is 155 Å². The third-order valence-electron chi connectivity index (χ3n) is 4.44. The van der Waals surface area contributed by atoms with Gasteiger partial charge in [0.1, 0.15) is 5.82 Å². The van der Waals surface area contributed by atoms with Crippen LogP contribution in [-0.2, 0) is 6.54 Å². The van der Waals surface area contributed by atoms with Crippen LogP contribution in [0.4, 0.5) is 5.82 Å². The van der Waals surface area contributed by atoms with Crippen molar-refractivity contribution in [1.82, 2.24) is 9.55 Å². The molecule has 4 heteroatoms. The van der Waals surface area contributed by atoms with E-state index in [1.54, 1.807) is 0 Å². The van der Waals surface area contributed by atoms with Crippen molar-refractivity contribution in [3.63, 3.8) is 0 Å². The van der Waals surface area contributed by atoms with E-state index in [1.807, 2.05) is 18.2 Å². The maximum absolute atomic E-state index is 5.87. The Bertz CT molecular complexity index is 1070. The number of hydrogen-bond donors (Lipinski definition) is 1. The van der Waals surface area contributed by atoms with E-state index in [-0.39, 0.29) is 0 Å². The molecule has 0 amide bonds. The number of aromatic nitrogens is 2. The van der Waals surface area contributed by atoms with Crippen molar-refractivity contribution < 1.29 is 0 Å². The van der Waals surface area contributed by atoms with Crippen LogP contribution in [0.5, 0.6) is 0 Å². The van der Waals surface area contributed by atoms with Gasteiger partial charge in [-0.1, -0.05) is 52.3 Å². The number of halogens is 1. The minimum Gasteiger partial charge on any atom is -0.384 e. The van der Waals surface area contributed by atoms with Gasteiger partial charge in [-0.05, 0) is 42.8 Å². The normalized spacial score (nSPS) is 11.1. The minimum atomic E-state index is 0.549. The van der Waals surface area contributed by atoms with Crippen molar-refractivity contribution in [1.29, 1.82) is 0 Å². The van der Waals surface area contributed by atoms with Gasteiger partial charge in [0.15, 0.2) is 0 Å². The fourth-order valence-corrected chi connectivity index (χ4v) is 3.58. The van der Waals surface area contributed by atoms with Crippen molar-refractivity contribution >= 4 is 32.7 Å². The molecule has 0 aliphatic heterocycles. The van der Waals surface area contributed by atoms with E-state index in [4.69, 9.17) is 5.73 Å². The third-order valence-corrected chi connectivity index (χ3v) is 4.93. The van der Waals surface area contributed by atoms with E-state index >= 15 is 0 Å². The van der Waals surface area contributed by atoms with Gasteiger partial charge in [0.2, 0.25) is 0 Å². The van der Waals surface area contributed by atoms with Crippen LogP contribution in [0.15, 0.2) is 71.2 Å². The summed E-state index contributed by atoms with van der Waals surface area (Å²) in [6.07, 6.45) is 0. The predicted octanol–water partition coefficient (Wildman–Crippen LogP) is 5.40. The summed E-state index contributed by atoms with van der Waals surface area (Å²) in [5.74, 6) is 0.549. The molecule has 2 N–H and O–H groups in total. The molecule has 0 atom stereocenters. The van der Waals surface area contributed by atoms with Crippen molar-refractivity contribution in [3.8, 4) is 11.3 Å². The number of nitrogen functional groups attached to an aromatic ring is 1. The van der Waals surface area contributed by atoms with Crippen molar-refractivity contribution in [2.24, 2.45) is 0 Å². The Kier molecular flexibility index (Phi) is 4.06. The van der Waals surface area contributed by atoms with Crippen LogP contribution < -0.4 is 5.73 Å². The molecule has 2 aromatic heterocycles. The molecule has 2 heterocycles. The van der Waals surface area contributed by atoms with Crippen LogP contribution in [0, 0.1) is 6.92 Å². The zero-order valence-corrected chi connectivity index (χ0v) is 15.5. The van der Waals surface area contributed by atoms with Crippen LogP contribution in [0.1, 0.15) is 11.3 Å². The smallest absolute Gasteiger partial charge is 0.123 e. The van der Waals surface area contributed by atoms with Gasteiger partial charge < -0.3 is 10.3 Å². The minimum absolute atomic E-state index is 0.549. The summed E-state index contributed by atoms with van der Waals surface area (Å²) in [5.41, 5.74) is 11.7. The van der Waals surface area contributed by atoms with E-state index in [0.29, 0.717) is 12.4 Å². The lowest BCUT2D eigenvalue weighted by atomic mass is 10.1. The molecule has 0 aliphatic rings. The number of rotatable bonds is 3. The Morgan fingerprint density at radius 3 is 2.64 bits per heavy atom. The Morgan fingerprint density at radius 2 is 1.84 bits per heavy atom. The molecule has 3 nitrogen and oxygen atoms in total. The number of fused-ring (bicyclic) bond motifs is 1. The first-order valence-corrected chi connectivity index (χ1v) is 8.97. The van der Waals surface area contributed by atoms with Crippen molar-refractivity contribution in [2.45, 2.75) is 13.5 Å². The largest absolute Gasteiger partial charge is 0.384 e. The number of hydrogen-bond acceptors (Lipinski definition) is 2. The molecule has 0 radical (unpaired) electrons. The maximum atomic E-state index is 5.87. The second-order valence-corrected chi connectivity index (χ2v) is 7.10. The molecule has 0 bridgehead atoms. The van der Waals surface area contributed by atoms with Crippen LogP contribution >= 0.6 is 15.9 Å². The molecule has 4 rings (SSSR count). The SMILES string of the molecule is Cc1ccccc1-c1cc2ccc(Br)cc2n1Cc1cccc(N)n1. The molecule has 0 aliphatic carbocycles. The monoisotopic (exact) mass is 391 g/mol. The summed E-state index contributed by atoms with van der Waals surface area (Å²) in [4.78, 5) is 4.48. The highest BCUT2D eigenvalue weighted by atomic mass is 79.9. The molecule has 0 spiro atoms. The zero-order valence-electron chi connectivity index (χ0n) is 13.9. The van der Waals surface area contributed by atoms with Gasteiger partial charge in [0.05, 0.1) is 12.2 Å². The van der Waals surface area contributed by atoms with Gasteiger partial charge in [0.25, 0.3) is 0 Å². The van der Waals surface area contributed by atoms with E-state index in [1.165, 1.54) is 27.7 Å². The van der Waals surface area contributed by atoms with Crippen molar-refractivity contribution in [2.75, 3.05) is 5.73 Å². The van der Waals surface area contributed by atoms with Gasteiger partial charge in [0, 0.05) is 26.6 Å². The van der Waals surface area contributed by atoms with Gasteiger partial charge in [-0.25, -0.2) is 4.98 Å². The van der Waals surface area contributed by atoms with E-state index in [0.717, 1.165) is 10.2 Å². The lowest BCUT2D eigenvalue weighted by molar-refractivity contribution is 0.816. The van der Waals surface area contributed by atoms with Crippen molar-refractivity contribution in [3.05, 3.63) is 82.5 Å². The van der Waals surface area contributed by atoms with Crippen LogP contribution in [0.2, 0.25) is 0 Å². The summed E-state index contributed by atoms with van der Waals surface area (Å²) in [7, 11) is 0. The highest BCUT2D eigenvalue weighted by Gasteiger charge is 2.13. The quantitative estimate of drug-likeness (QED) is 0.507. The van der Waals surface area contributed by atoms with Gasteiger partial charge in [-0.2, -0.15) is 0 Å². The fraction of sp³-hybridized carbons (Fsp3) is 0.0952. The van der Waals surface area contributed by atoms with Gasteiger partial charge in [-0.15, -0.1) is 0 Å². The Balaban J connectivity index is 1.95. The van der Waals surface area contributed by atoms with E-state index in [2.05, 4.69) is 80.9 Å². The average molecular weight is 392 g/mol. The lowest BCUT2D eigenvalue weighted by Gasteiger charge is -2.13. The molecule has 0 fully saturated rings. The molecule has 0 saturated heterocycles. The van der Waals surface area contributed by atoms with Gasteiger partial charge in [-0.3, -0.25) is 0 Å². The first-order chi connectivity index (χ1) is 12.1. The standard InChI is InChI=1S/C21H18BrN3/c1-14-5-2-3-7-18(14)20-11-15-9-10-16(22)12-19(15)25(20)13-17-6-4-8-21(23)24-17/h2-12H,13H2,1H3,(H2,23,24).